The number of rotatable bonds is 10. The summed E-state index contributed by atoms with van der Waals surface area (Å²) in [4.78, 5) is -1.32. The van der Waals surface area contributed by atoms with Crippen molar-refractivity contribution in [3.63, 3.8) is 0 Å². The molecule has 6 aromatic carbocycles. The summed E-state index contributed by atoms with van der Waals surface area (Å²) in [5.74, 6) is -0.549. The number of azo groups is 2. The number of aromatic hydroxyl groups is 1. The van der Waals surface area contributed by atoms with Gasteiger partial charge in [0.15, 0.2) is 5.75 Å². The van der Waals surface area contributed by atoms with Gasteiger partial charge in [-0.05, 0) is 126 Å². The van der Waals surface area contributed by atoms with Crippen molar-refractivity contribution in [2.45, 2.75) is 28.5 Å². The SMILES string of the molecule is Cc1cc(N=Nc2ccc(OS(=O)(=O)c3ccccc3)cc2)ccc1-c1ccc(N=Nc2c(S(=O)(=O)O)cc3cc(S(=O)(=O)O)ccc3c2O)cc1C.[Na].[Na]. The number of nitrogens with zero attached hydrogens (tertiary/aromatic N) is 4. The molecule has 0 aliphatic rings. The maximum absolute atomic E-state index is 12.5. The van der Waals surface area contributed by atoms with Crippen LogP contribution in [0, 0.1) is 13.8 Å². The number of phenolic OH excluding ortho intramolecular Hbond substituents is 1. The Labute approximate surface area is 361 Å². The molecule has 0 amide bonds. The number of benzene rings is 6. The predicted octanol–water partition coefficient (Wildman–Crippen LogP) is 8.16. The van der Waals surface area contributed by atoms with Crippen molar-refractivity contribution < 1.29 is 43.6 Å². The molecule has 0 aliphatic carbocycles. The third-order valence-corrected chi connectivity index (χ3v) is 10.9. The topological polar surface area (TPSA) is 222 Å². The first-order chi connectivity index (χ1) is 25.0. The summed E-state index contributed by atoms with van der Waals surface area (Å²) in [6.45, 7) is 3.74. The Morgan fingerprint density at radius 2 is 1.07 bits per heavy atom. The summed E-state index contributed by atoms with van der Waals surface area (Å²) in [6.07, 6.45) is 0. The van der Waals surface area contributed by atoms with Gasteiger partial charge in [0.1, 0.15) is 21.2 Å². The molecular weight excluding hydrogens is 791 g/mol. The zero-order valence-electron chi connectivity index (χ0n) is 29.7. The van der Waals surface area contributed by atoms with E-state index in [0.717, 1.165) is 46.5 Å². The van der Waals surface area contributed by atoms with E-state index >= 15 is 0 Å². The second kappa shape index (κ2) is 17.5. The van der Waals surface area contributed by atoms with Gasteiger partial charge in [-0.2, -0.15) is 40.6 Å². The van der Waals surface area contributed by atoms with Crippen LogP contribution in [0.5, 0.6) is 11.5 Å². The molecule has 0 heterocycles. The van der Waals surface area contributed by atoms with Crippen LogP contribution < -0.4 is 4.18 Å². The van der Waals surface area contributed by atoms with E-state index in [1.54, 1.807) is 54.6 Å². The monoisotopic (exact) mass is 818 g/mol. The smallest absolute Gasteiger partial charge is 0.339 e. The van der Waals surface area contributed by atoms with Crippen LogP contribution >= 0.6 is 0 Å². The number of fused-ring (bicyclic) bond motifs is 1. The van der Waals surface area contributed by atoms with Crippen molar-refractivity contribution in [3.8, 4) is 22.6 Å². The molecular formula is C36H28N4Na2O10S3. The largest absolute Gasteiger partial charge is 0.505 e. The molecule has 3 N–H and O–H groups in total. The standard InChI is InChI=1S/C36H28N4O10S3.2Na/c1-22-18-26(38-37-25-8-12-28(13-9-25)50-53(48,49)29-6-4-3-5-7-29)10-15-31(22)32-16-11-27(19-23(32)2)39-40-35-34(52(45,46)47)21-24-20-30(51(42,43)44)14-17-33(24)36(35)41;;/h3-21,41H,1-2H3,(H,42,43,44)(H,45,46,47);;. The quantitative estimate of drug-likeness (QED) is 0.0521. The molecule has 0 aromatic heterocycles. The minimum absolute atomic E-state index is 0. The van der Waals surface area contributed by atoms with E-state index in [1.807, 2.05) is 26.0 Å². The van der Waals surface area contributed by atoms with Crippen molar-refractivity contribution >= 4 is 123 Å². The van der Waals surface area contributed by atoms with Gasteiger partial charge in [0.25, 0.3) is 20.2 Å². The Morgan fingerprint density at radius 3 is 1.60 bits per heavy atom. The summed E-state index contributed by atoms with van der Waals surface area (Å²) in [6, 6.07) is 28.6. The number of hydrogen-bond acceptors (Lipinski definition) is 12. The van der Waals surface area contributed by atoms with Crippen LogP contribution in [0.1, 0.15) is 11.1 Å². The molecule has 55 heavy (non-hydrogen) atoms. The Balaban J connectivity index is 0.00000336. The maximum Gasteiger partial charge on any atom is 0.339 e. The molecule has 6 rings (SSSR count). The first-order valence-corrected chi connectivity index (χ1v) is 19.7. The van der Waals surface area contributed by atoms with Crippen LogP contribution in [0.15, 0.2) is 150 Å². The zero-order chi connectivity index (χ0) is 38.1. The Hall–Kier alpha value is -3.85. The molecule has 0 saturated carbocycles. The van der Waals surface area contributed by atoms with Crippen LogP contribution in [0.2, 0.25) is 0 Å². The molecule has 6 aromatic rings. The molecule has 14 nitrogen and oxygen atoms in total. The minimum atomic E-state index is -4.96. The Bertz CT molecular complexity index is 2800. The van der Waals surface area contributed by atoms with Crippen molar-refractivity contribution in [2.75, 3.05) is 0 Å². The summed E-state index contributed by atoms with van der Waals surface area (Å²) in [7, 11) is -13.6. The molecule has 19 heteroatoms. The van der Waals surface area contributed by atoms with Gasteiger partial charge in [-0.3, -0.25) is 9.11 Å². The van der Waals surface area contributed by atoms with Crippen molar-refractivity contribution in [3.05, 3.63) is 126 Å². The molecule has 0 unspecified atom stereocenters. The summed E-state index contributed by atoms with van der Waals surface area (Å²) < 4.78 is 96.9. The fourth-order valence-electron chi connectivity index (χ4n) is 5.36. The van der Waals surface area contributed by atoms with E-state index in [4.69, 9.17) is 4.18 Å². The van der Waals surface area contributed by atoms with Gasteiger partial charge < -0.3 is 9.29 Å². The third-order valence-electron chi connectivity index (χ3n) is 7.93. The van der Waals surface area contributed by atoms with Crippen LogP contribution in [0.25, 0.3) is 21.9 Å². The van der Waals surface area contributed by atoms with Gasteiger partial charge in [0.05, 0.1) is 22.0 Å². The summed E-state index contributed by atoms with van der Waals surface area (Å²) in [5.41, 5.74) is 4.18. The number of phenols is 1. The first kappa shape index (κ1) is 43.9. The van der Waals surface area contributed by atoms with E-state index in [-0.39, 0.29) is 80.5 Å². The Kier molecular flexibility index (Phi) is 14.0. The molecule has 0 aliphatic heterocycles. The summed E-state index contributed by atoms with van der Waals surface area (Å²) in [5, 5.41) is 27.3. The number of aryl methyl sites for hydroxylation is 2. The van der Waals surface area contributed by atoms with Crippen LogP contribution in [0.4, 0.5) is 22.7 Å². The first-order valence-electron chi connectivity index (χ1n) is 15.4. The van der Waals surface area contributed by atoms with Gasteiger partial charge >= 0.3 is 10.1 Å². The van der Waals surface area contributed by atoms with E-state index in [9.17, 15) is 39.5 Å². The second-order valence-electron chi connectivity index (χ2n) is 11.6. The van der Waals surface area contributed by atoms with Crippen molar-refractivity contribution in [1.82, 2.24) is 0 Å². The molecule has 0 saturated heterocycles. The molecule has 0 spiro atoms. The fourth-order valence-corrected chi connectivity index (χ4v) is 7.49. The number of hydrogen-bond donors (Lipinski definition) is 3. The summed E-state index contributed by atoms with van der Waals surface area (Å²) >= 11 is 0. The van der Waals surface area contributed by atoms with Gasteiger partial charge in [-0.1, -0.05) is 30.3 Å². The normalized spacial score (nSPS) is 12.1. The predicted molar refractivity (Wildman–Crippen MR) is 207 cm³/mol. The van der Waals surface area contributed by atoms with Crippen molar-refractivity contribution in [1.29, 1.82) is 0 Å². The van der Waals surface area contributed by atoms with Crippen LogP contribution in [-0.2, 0) is 30.4 Å². The van der Waals surface area contributed by atoms with E-state index in [1.165, 1.54) is 24.3 Å². The maximum atomic E-state index is 12.5. The molecule has 0 fully saturated rings. The average Bonchev–Trinajstić information content (AvgIpc) is 3.10. The van der Waals surface area contributed by atoms with E-state index in [2.05, 4.69) is 20.5 Å². The van der Waals surface area contributed by atoms with E-state index < -0.39 is 51.6 Å². The molecule has 2 radical (unpaired) electrons. The zero-order valence-corrected chi connectivity index (χ0v) is 36.1. The third kappa shape index (κ3) is 10.3. The van der Waals surface area contributed by atoms with Gasteiger partial charge in [0.2, 0.25) is 0 Å². The van der Waals surface area contributed by atoms with Gasteiger partial charge in [-0.25, -0.2) is 0 Å². The van der Waals surface area contributed by atoms with Gasteiger partial charge in [-0.15, -0.1) is 5.11 Å². The molecule has 272 valence electrons. The minimum Gasteiger partial charge on any atom is -0.505 e. The van der Waals surface area contributed by atoms with Gasteiger partial charge in [0, 0.05) is 64.5 Å². The molecule has 0 bridgehead atoms. The average molecular weight is 819 g/mol. The van der Waals surface area contributed by atoms with Crippen LogP contribution in [-0.4, -0.2) is 98.6 Å². The van der Waals surface area contributed by atoms with Crippen LogP contribution in [0.3, 0.4) is 0 Å². The fraction of sp³-hybridized carbons (Fsp3) is 0.0556. The van der Waals surface area contributed by atoms with E-state index in [0.29, 0.717) is 17.1 Å². The second-order valence-corrected chi connectivity index (χ2v) is 16.0. The molecule has 0 atom stereocenters. The Morgan fingerprint density at radius 1 is 0.545 bits per heavy atom. The van der Waals surface area contributed by atoms with Crippen molar-refractivity contribution in [2.24, 2.45) is 20.5 Å².